The number of aromatic nitrogens is 2. The van der Waals surface area contributed by atoms with Crippen molar-refractivity contribution in [2.24, 2.45) is 0 Å². The highest BCUT2D eigenvalue weighted by molar-refractivity contribution is 9.10. The van der Waals surface area contributed by atoms with Gasteiger partial charge >= 0.3 is 0 Å². The maximum Gasteiger partial charge on any atom is 0.254 e. The van der Waals surface area contributed by atoms with E-state index in [-0.39, 0.29) is 5.56 Å². The predicted molar refractivity (Wildman–Crippen MR) is 77.0 cm³/mol. The molecule has 20 heavy (non-hydrogen) atoms. The Labute approximate surface area is 123 Å². The average molecular weight is 339 g/mol. The SMILES string of the molecule is O=C(NCCNc1cnccn1)c1ccc(Br)cc1F. The van der Waals surface area contributed by atoms with Gasteiger partial charge in [-0.25, -0.2) is 9.37 Å². The first-order valence-electron chi connectivity index (χ1n) is 5.90. The molecule has 0 spiro atoms. The lowest BCUT2D eigenvalue weighted by Gasteiger charge is -2.07. The molecule has 0 aliphatic rings. The molecule has 0 atom stereocenters. The van der Waals surface area contributed by atoms with Crippen LogP contribution in [0.25, 0.3) is 0 Å². The summed E-state index contributed by atoms with van der Waals surface area (Å²) < 4.78 is 14.1. The fourth-order valence-corrected chi connectivity index (χ4v) is 1.86. The van der Waals surface area contributed by atoms with Crippen LogP contribution in [0.15, 0.2) is 41.3 Å². The van der Waals surface area contributed by atoms with Gasteiger partial charge < -0.3 is 10.6 Å². The molecule has 2 N–H and O–H groups in total. The Kier molecular flexibility index (Phi) is 5.00. The number of amides is 1. The van der Waals surface area contributed by atoms with Gasteiger partial charge in [-0.05, 0) is 18.2 Å². The number of benzene rings is 1. The van der Waals surface area contributed by atoms with Crippen molar-refractivity contribution >= 4 is 27.7 Å². The van der Waals surface area contributed by atoms with E-state index in [1.165, 1.54) is 12.1 Å². The smallest absolute Gasteiger partial charge is 0.254 e. The van der Waals surface area contributed by atoms with Gasteiger partial charge in [-0.2, -0.15) is 0 Å². The van der Waals surface area contributed by atoms with Crippen molar-refractivity contribution in [3.8, 4) is 0 Å². The number of anilines is 1. The molecule has 0 radical (unpaired) electrons. The molecule has 1 amide bonds. The summed E-state index contributed by atoms with van der Waals surface area (Å²) in [4.78, 5) is 19.7. The van der Waals surface area contributed by atoms with Crippen LogP contribution in [-0.4, -0.2) is 29.0 Å². The number of nitrogens with one attached hydrogen (secondary N) is 2. The minimum Gasteiger partial charge on any atom is -0.367 e. The molecule has 0 aliphatic heterocycles. The lowest BCUT2D eigenvalue weighted by Crippen LogP contribution is -2.29. The zero-order valence-corrected chi connectivity index (χ0v) is 12.0. The number of hydrogen-bond donors (Lipinski definition) is 2. The Morgan fingerprint density at radius 3 is 2.85 bits per heavy atom. The molecule has 0 fully saturated rings. The van der Waals surface area contributed by atoms with E-state index in [0.717, 1.165) is 0 Å². The van der Waals surface area contributed by atoms with Crippen molar-refractivity contribution < 1.29 is 9.18 Å². The van der Waals surface area contributed by atoms with Crippen molar-refractivity contribution in [1.82, 2.24) is 15.3 Å². The van der Waals surface area contributed by atoms with E-state index in [1.807, 2.05) is 0 Å². The highest BCUT2D eigenvalue weighted by atomic mass is 79.9. The van der Waals surface area contributed by atoms with E-state index >= 15 is 0 Å². The molecule has 0 saturated carbocycles. The standard InChI is InChI=1S/C13H12BrFN4O/c14-9-1-2-10(11(15)7-9)13(20)19-6-5-18-12-8-16-3-4-17-12/h1-4,7-8H,5-6H2,(H,17,18)(H,19,20). The Morgan fingerprint density at radius 2 is 2.15 bits per heavy atom. The van der Waals surface area contributed by atoms with E-state index in [9.17, 15) is 9.18 Å². The number of nitrogens with zero attached hydrogens (tertiary/aromatic N) is 2. The first-order valence-corrected chi connectivity index (χ1v) is 6.69. The Balaban J connectivity index is 1.80. The van der Waals surface area contributed by atoms with Crippen LogP contribution in [0.3, 0.4) is 0 Å². The van der Waals surface area contributed by atoms with Crippen LogP contribution in [0.5, 0.6) is 0 Å². The lowest BCUT2D eigenvalue weighted by atomic mass is 10.2. The molecule has 0 bridgehead atoms. The summed E-state index contributed by atoms with van der Waals surface area (Å²) in [5, 5.41) is 5.61. The zero-order chi connectivity index (χ0) is 14.4. The molecule has 2 rings (SSSR count). The Morgan fingerprint density at radius 1 is 1.30 bits per heavy atom. The molecule has 2 aromatic rings. The van der Waals surface area contributed by atoms with Crippen LogP contribution in [-0.2, 0) is 0 Å². The highest BCUT2D eigenvalue weighted by Crippen LogP contribution is 2.14. The van der Waals surface area contributed by atoms with E-state index in [2.05, 4.69) is 36.5 Å². The van der Waals surface area contributed by atoms with E-state index < -0.39 is 11.7 Å². The molecule has 1 aromatic heterocycles. The van der Waals surface area contributed by atoms with Crippen LogP contribution >= 0.6 is 15.9 Å². The van der Waals surface area contributed by atoms with Gasteiger partial charge in [0.15, 0.2) is 0 Å². The largest absolute Gasteiger partial charge is 0.367 e. The van der Waals surface area contributed by atoms with Crippen LogP contribution in [0.1, 0.15) is 10.4 Å². The summed E-state index contributed by atoms with van der Waals surface area (Å²) in [5.41, 5.74) is 0.0210. The maximum absolute atomic E-state index is 13.6. The zero-order valence-electron chi connectivity index (χ0n) is 10.4. The number of rotatable bonds is 5. The van der Waals surface area contributed by atoms with Crippen molar-refractivity contribution in [2.45, 2.75) is 0 Å². The second kappa shape index (κ2) is 6.95. The molecular formula is C13H12BrFN4O. The van der Waals surface area contributed by atoms with Crippen LogP contribution < -0.4 is 10.6 Å². The summed E-state index contributed by atoms with van der Waals surface area (Å²) in [6.07, 6.45) is 4.72. The first-order chi connectivity index (χ1) is 9.66. The topological polar surface area (TPSA) is 66.9 Å². The monoisotopic (exact) mass is 338 g/mol. The van der Waals surface area contributed by atoms with Gasteiger partial charge in [-0.3, -0.25) is 9.78 Å². The van der Waals surface area contributed by atoms with Gasteiger partial charge in [0, 0.05) is 30.0 Å². The van der Waals surface area contributed by atoms with Gasteiger partial charge in [-0.15, -0.1) is 0 Å². The van der Waals surface area contributed by atoms with Crippen molar-refractivity contribution in [1.29, 1.82) is 0 Å². The number of halogens is 2. The van der Waals surface area contributed by atoms with Gasteiger partial charge in [0.05, 0.1) is 11.8 Å². The molecule has 1 aromatic carbocycles. The number of carbonyl (C=O) groups is 1. The van der Waals surface area contributed by atoms with Crippen LogP contribution in [0, 0.1) is 5.82 Å². The Bertz CT molecular complexity index is 594. The molecule has 0 unspecified atom stereocenters. The van der Waals surface area contributed by atoms with E-state index in [1.54, 1.807) is 24.7 Å². The van der Waals surface area contributed by atoms with Crippen LogP contribution in [0.2, 0.25) is 0 Å². The minimum absolute atomic E-state index is 0.0210. The Hall–Kier alpha value is -2.02. The molecule has 7 heteroatoms. The molecule has 1 heterocycles. The van der Waals surface area contributed by atoms with Gasteiger partial charge in [0.25, 0.3) is 5.91 Å². The summed E-state index contributed by atoms with van der Waals surface area (Å²) in [6.45, 7) is 0.827. The molecule has 0 saturated heterocycles. The average Bonchev–Trinajstić information content (AvgIpc) is 2.44. The summed E-state index contributed by atoms with van der Waals surface area (Å²) in [5.74, 6) is -0.383. The first kappa shape index (κ1) is 14.4. The third-order valence-corrected chi connectivity index (χ3v) is 2.95. The number of carbonyl (C=O) groups excluding carboxylic acids is 1. The van der Waals surface area contributed by atoms with Crippen molar-refractivity contribution in [3.63, 3.8) is 0 Å². The van der Waals surface area contributed by atoms with Gasteiger partial charge in [-0.1, -0.05) is 15.9 Å². The fraction of sp³-hybridized carbons (Fsp3) is 0.154. The third-order valence-electron chi connectivity index (χ3n) is 2.46. The van der Waals surface area contributed by atoms with Crippen LogP contribution in [0.4, 0.5) is 10.2 Å². The quantitative estimate of drug-likeness (QED) is 0.820. The van der Waals surface area contributed by atoms with Crippen molar-refractivity contribution in [3.05, 3.63) is 52.6 Å². The summed E-state index contributed by atoms with van der Waals surface area (Å²) in [6, 6.07) is 4.31. The minimum atomic E-state index is -0.557. The van der Waals surface area contributed by atoms with Crippen molar-refractivity contribution in [2.75, 3.05) is 18.4 Å². The summed E-state index contributed by atoms with van der Waals surface area (Å²) in [7, 11) is 0. The fourth-order valence-electron chi connectivity index (χ4n) is 1.53. The molecular weight excluding hydrogens is 327 g/mol. The maximum atomic E-state index is 13.6. The third kappa shape index (κ3) is 3.99. The molecule has 5 nitrogen and oxygen atoms in total. The molecule has 0 aliphatic carbocycles. The van der Waals surface area contributed by atoms with E-state index in [0.29, 0.717) is 23.4 Å². The highest BCUT2D eigenvalue weighted by Gasteiger charge is 2.10. The van der Waals surface area contributed by atoms with E-state index in [4.69, 9.17) is 0 Å². The second-order valence-electron chi connectivity index (χ2n) is 3.90. The van der Waals surface area contributed by atoms with Gasteiger partial charge in [0.2, 0.25) is 0 Å². The van der Waals surface area contributed by atoms with Gasteiger partial charge in [0.1, 0.15) is 11.6 Å². The normalized spacial score (nSPS) is 10.1. The second-order valence-corrected chi connectivity index (χ2v) is 4.81. The molecule has 104 valence electrons. The summed E-state index contributed by atoms with van der Waals surface area (Å²) >= 11 is 3.14. The lowest BCUT2D eigenvalue weighted by molar-refractivity contribution is 0.0951. The number of hydrogen-bond acceptors (Lipinski definition) is 4. The predicted octanol–water partition coefficient (Wildman–Crippen LogP) is 2.22.